The molecule has 0 saturated heterocycles. The van der Waals surface area contributed by atoms with Crippen LogP contribution in [0.1, 0.15) is 96.0 Å². The van der Waals surface area contributed by atoms with Crippen molar-refractivity contribution in [1.82, 2.24) is 19.3 Å². The molecule has 0 bridgehead atoms. The van der Waals surface area contributed by atoms with E-state index in [1.807, 2.05) is 29.1 Å². The standard InChI is InChI=1S/C47H52N4O/c1-10-15-32-26-40(46(4,5)6)45(47(7,8)9)39(16-11-2)44(32)33-29-49-50(30-33)34-17-14-18-35(27-34)52-36-21-22-38-37-19-12-13-20-41(37)51(42(38)28-36)43-25-31(3)23-24-48-43/h12-14,17-30H,10-11,15-16H2,1-9H3. The molecule has 7 aromatic rings. The van der Waals surface area contributed by atoms with Crippen LogP contribution in [0.15, 0.2) is 104 Å². The molecule has 266 valence electrons. The molecule has 7 rings (SSSR count). The maximum atomic E-state index is 6.58. The largest absolute Gasteiger partial charge is 0.457 e. The quantitative estimate of drug-likeness (QED) is 0.152. The van der Waals surface area contributed by atoms with Crippen LogP contribution in [-0.4, -0.2) is 19.3 Å². The number of nitrogens with zero attached hydrogens (tertiary/aromatic N) is 4. The van der Waals surface area contributed by atoms with Crippen molar-refractivity contribution in [3.63, 3.8) is 0 Å². The Morgan fingerprint density at radius 1 is 0.712 bits per heavy atom. The summed E-state index contributed by atoms with van der Waals surface area (Å²) < 4.78 is 10.8. The van der Waals surface area contributed by atoms with Crippen molar-refractivity contribution in [3.05, 3.63) is 131 Å². The van der Waals surface area contributed by atoms with Crippen LogP contribution in [0, 0.1) is 6.92 Å². The maximum Gasteiger partial charge on any atom is 0.137 e. The van der Waals surface area contributed by atoms with Gasteiger partial charge in [0.05, 0.1) is 22.9 Å². The van der Waals surface area contributed by atoms with Crippen LogP contribution in [0.5, 0.6) is 11.5 Å². The molecular formula is C47H52N4O. The van der Waals surface area contributed by atoms with E-state index >= 15 is 0 Å². The molecule has 4 aromatic carbocycles. The first-order chi connectivity index (χ1) is 24.9. The topological polar surface area (TPSA) is 44.9 Å². The van der Waals surface area contributed by atoms with Gasteiger partial charge in [-0.15, -0.1) is 0 Å². The number of para-hydroxylation sites is 1. The highest BCUT2D eigenvalue weighted by atomic mass is 16.5. The number of ether oxygens (including phenoxy) is 1. The number of fused-ring (bicyclic) bond motifs is 3. The Morgan fingerprint density at radius 3 is 2.19 bits per heavy atom. The molecule has 5 heteroatoms. The summed E-state index contributed by atoms with van der Waals surface area (Å²) in [6.07, 6.45) is 10.4. The van der Waals surface area contributed by atoms with Gasteiger partial charge in [-0.05, 0) is 106 Å². The minimum Gasteiger partial charge on any atom is -0.457 e. The predicted molar refractivity (Wildman–Crippen MR) is 218 cm³/mol. The highest BCUT2D eigenvalue weighted by Gasteiger charge is 2.31. The van der Waals surface area contributed by atoms with Crippen LogP contribution in [0.25, 0.3) is 44.4 Å². The number of rotatable bonds is 9. The Bertz CT molecular complexity index is 2400. The van der Waals surface area contributed by atoms with E-state index in [4.69, 9.17) is 14.8 Å². The number of hydrogen-bond donors (Lipinski definition) is 0. The fourth-order valence-electron chi connectivity index (χ4n) is 7.90. The number of hydrogen-bond acceptors (Lipinski definition) is 3. The van der Waals surface area contributed by atoms with Crippen LogP contribution in [0.3, 0.4) is 0 Å². The van der Waals surface area contributed by atoms with Crippen molar-refractivity contribution in [2.45, 2.75) is 98.8 Å². The van der Waals surface area contributed by atoms with Gasteiger partial charge in [0.25, 0.3) is 0 Å². The molecule has 3 heterocycles. The molecule has 0 aliphatic rings. The molecule has 0 aliphatic heterocycles. The lowest BCUT2D eigenvalue weighted by Gasteiger charge is -2.35. The van der Waals surface area contributed by atoms with E-state index in [2.05, 4.69) is 146 Å². The number of benzene rings is 4. The minimum atomic E-state index is 0.0161. The predicted octanol–water partition coefficient (Wildman–Crippen LogP) is 12.6. The van der Waals surface area contributed by atoms with Crippen LogP contribution in [-0.2, 0) is 23.7 Å². The highest BCUT2D eigenvalue weighted by molar-refractivity contribution is 6.09. The summed E-state index contributed by atoms with van der Waals surface area (Å²) >= 11 is 0. The zero-order valence-electron chi connectivity index (χ0n) is 32.3. The molecule has 0 saturated carbocycles. The van der Waals surface area contributed by atoms with E-state index in [0.717, 1.165) is 59.7 Å². The van der Waals surface area contributed by atoms with Crippen molar-refractivity contribution in [2.75, 3.05) is 0 Å². The SMILES string of the molecule is CCCc1cc(C(C)(C)C)c(C(C)(C)C)c(CCC)c1-c1cnn(-c2cccc(Oc3ccc4c5ccccc5n(-c5cc(C)ccn5)c4c3)c2)c1. The first kappa shape index (κ1) is 35.3. The molecule has 0 spiro atoms. The van der Waals surface area contributed by atoms with Crippen molar-refractivity contribution in [1.29, 1.82) is 0 Å². The first-order valence-corrected chi connectivity index (χ1v) is 18.9. The van der Waals surface area contributed by atoms with Crippen LogP contribution in [0.4, 0.5) is 0 Å². The number of aromatic nitrogens is 4. The molecule has 5 nitrogen and oxygen atoms in total. The van der Waals surface area contributed by atoms with Gasteiger partial charge in [0.15, 0.2) is 0 Å². The maximum absolute atomic E-state index is 6.58. The minimum absolute atomic E-state index is 0.0161. The fourth-order valence-corrected chi connectivity index (χ4v) is 7.90. The summed E-state index contributed by atoms with van der Waals surface area (Å²) in [4.78, 5) is 4.74. The Hall–Kier alpha value is -5.16. The van der Waals surface area contributed by atoms with E-state index in [-0.39, 0.29) is 10.8 Å². The van der Waals surface area contributed by atoms with Gasteiger partial charge in [-0.25, -0.2) is 9.67 Å². The summed E-state index contributed by atoms with van der Waals surface area (Å²) in [5.74, 6) is 2.42. The average Bonchev–Trinajstić information content (AvgIpc) is 3.71. The van der Waals surface area contributed by atoms with E-state index in [0.29, 0.717) is 0 Å². The van der Waals surface area contributed by atoms with Crippen LogP contribution in [0.2, 0.25) is 0 Å². The Morgan fingerprint density at radius 2 is 1.46 bits per heavy atom. The van der Waals surface area contributed by atoms with Gasteiger partial charge < -0.3 is 4.74 Å². The van der Waals surface area contributed by atoms with Crippen LogP contribution >= 0.6 is 0 Å². The average molecular weight is 689 g/mol. The zero-order chi connectivity index (χ0) is 36.8. The molecule has 0 radical (unpaired) electrons. The first-order valence-electron chi connectivity index (χ1n) is 18.9. The third-order valence-electron chi connectivity index (χ3n) is 10.1. The van der Waals surface area contributed by atoms with Gasteiger partial charge in [-0.1, -0.05) is 98.6 Å². The summed E-state index contributed by atoms with van der Waals surface area (Å²) in [6, 6.07) is 29.7. The van der Waals surface area contributed by atoms with Gasteiger partial charge >= 0.3 is 0 Å². The monoisotopic (exact) mass is 688 g/mol. The highest BCUT2D eigenvalue weighted by Crippen LogP contribution is 2.44. The Labute approximate surface area is 309 Å². The molecule has 0 unspecified atom stereocenters. The fraction of sp³-hybridized carbons (Fsp3) is 0.319. The molecular weight excluding hydrogens is 637 g/mol. The van der Waals surface area contributed by atoms with E-state index < -0.39 is 0 Å². The number of aryl methyl sites for hydroxylation is 2. The van der Waals surface area contributed by atoms with Crippen LogP contribution < -0.4 is 4.74 Å². The molecule has 0 aliphatic carbocycles. The molecule has 0 amide bonds. The van der Waals surface area contributed by atoms with Crippen molar-refractivity contribution in [2.24, 2.45) is 0 Å². The zero-order valence-corrected chi connectivity index (χ0v) is 32.3. The normalized spacial score (nSPS) is 12.2. The smallest absolute Gasteiger partial charge is 0.137 e. The third kappa shape index (κ3) is 6.65. The summed E-state index contributed by atoms with van der Waals surface area (Å²) in [5.41, 5.74) is 12.8. The second-order valence-corrected chi connectivity index (χ2v) is 16.3. The summed E-state index contributed by atoms with van der Waals surface area (Å²) in [7, 11) is 0. The third-order valence-corrected chi connectivity index (χ3v) is 10.1. The van der Waals surface area contributed by atoms with Gasteiger partial charge in [-0.3, -0.25) is 4.57 Å². The molecule has 0 N–H and O–H groups in total. The molecule has 0 fully saturated rings. The van der Waals surface area contributed by atoms with E-state index in [1.54, 1.807) is 0 Å². The Kier molecular flexibility index (Phi) is 9.33. The van der Waals surface area contributed by atoms with E-state index in [1.165, 1.54) is 49.7 Å². The second-order valence-electron chi connectivity index (χ2n) is 16.3. The van der Waals surface area contributed by atoms with Crippen molar-refractivity contribution < 1.29 is 4.74 Å². The van der Waals surface area contributed by atoms with Gasteiger partial charge in [0.1, 0.15) is 17.3 Å². The lowest BCUT2D eigenvalue weighted by atomic mass is 9.69. The van der Waals surface area contributed by atoms with Gasteiger partial charge in [-0.2, -0.15) is 5.10 Å². The van der Waals surface area contributed by atoms with Gasteiger partial charge in [0, 0.05) is 40.9 Å². The van der Waals surface area contributed by atoms with Crippen molar-refractivity contribution >= 4 is 21.8 Å². The number of pyridine rings is 1. The summed E-state index contributed by atoms with van der Waals surface area (Å²) in [5, 5.41) is 7.30. The van der Waals surface area contributed by atoms with Gasteiger partial charge in [0.2, 0.25) is 0 Å². The molecule has 3 aromatic heterocycles. The Balaban J connectivity index is 1.28. The summed E-state index contributed by atoms with van der Waals surface area (Å²) in [6.45, 7) is 20.8. The molecule has 0 atom stereocenters. The van der Waals surface area contributed by atoms with Crippen molar-refractivity contribution in [3.8, 4) is 34.1 Å². The second kappa shape index (κ2) is 13.8. The van der Waals surface area contributed by atoms with E-state index in [9.17, 15) is 0 Å². The lowest BCUT2D eigenvalue weighted by molar-refractivity contribution is 0.483. The molecule has 52 heavy (non-hydrogen) atoms. The lowest BCUT2D eigenvalue weighted by Crippen LogP contribution is -2.25.